The number of hydrogen-bond acceptors (Lipinski definition) is 6. The van der Waals surface area contributed by atoms with Crippen molar-refractivity contribution in [3.05, 3.63) is 52.7 Å². The Hall–Kier alpha value is -2.51. The van der Waals surface area contributed by atoms with Gasteiger partial charge in [0.25, 0.3) is 0 Å². The molecule has 134 valence electrons. The fraction of sp³-hybridized carbons (Fsp3) is 0.316. The van der Waals surface area contributed by atoms with Crippen LogP contribution in [0.2, 0.25) is 0 Å². The van der Waals surface area contributed by atoms with Crippen molar-refractivity contribution in [2.45, 2.75) is 19.8 Å². The molecule has 1 saturated heterocycles. The van der Waals surface area contributed by atoms with E-state index in [4.69, 9.17) is 4.52 Å². The quantitative estimate of drug-likeness (QED) is 0.747. The topological polar surface area (TPSA) is 71.3 Å². The first-order valence-corrected chi connectivity index (χ1v) is 9.43. The first kappa shape index (κ1) is 16.9. The van der Waals surface area contributed by atoms with Crippen LogP contribution in [0.1, 0.15) is 22.9 Å². The summed E-state index contributed by atoms with van der Waals surface area (Å²) in [5, 5.41) is 9.04. The van der Waals surface area contributed by atoms with E-state index >= 15 is 0 Å². The van der Waals surface area contributed by atoms with E-state index in [0.29, 0.717) is 18.3 Å². The highest BCUT2D eigenvalue weighted by Crippen LogP contribution is 2.28. The number of carbonyl (C=O) groups is 1. The number of nitrogens with zero attached hydrogens (tertiary/aromatic N) is 3. The molecule has 0 radical (unpaired) electrons. The van der Waals surface area contributed by atoms with E-state index in [9.17, 15) is 4.79 Å². The Balaban J connectivity index is 1.30. The fourth-order valence-electron chi connectivity index (χ4n) is 3.03. The third-order valence-electron chi connectivity index (χ3n) is 4.52. The van der Waals surface area contributed by atoms with Crippen LogP contribution < -0.4 is 5.32 Å². The van der Waals surface area contributed by atoms with E-state index in [-0.39, 0.29) is 11.8 Å². The fourth-order valence-corrected chi connectivity index (χ4v) is 3.67. The second-order valence-electron chi connectivity index (χ2n) is 6.69. The number of thiophene rings is 1. The highest BCUT2D eigenvalue weighted by atomic mass is 32.1. The van der Waals surface area contributed by atoms with Crippen molar-refractivity contribution in [3.63, 3.8) is 0 Å². The Kier molecular flexibility index (Phi) is 4.57. The molecular formula is C19H20N4O2S. The number of rotatable bonds is 5. The summed E-state index contributed by atoms with van der Waals surface area (Å²) >= 11 is 1.59. The van der Waals surface area contributed by atoms with E-state index in [1.165, 1.54) is 0 Å². The maximum Gasteiger partial charge on any atom is 0.238 e. The van der Waals surface area contributed by atoms with Gasteiger partial charge in [0.2, 0.25) is 17.6 Å². The van der Waals surface area contributed by atoms with Gasteiger partial charge in [-0.3, -0.25) is 9.69 Å². The minimum atomic E-state index is 0.00181. The normalized spacial score (nSPS) is 15.0. The number of benzene rings is 1. The smallest absolute Gasteiger partial charge is 0.238 e. The number of amides is 1. The second-order valence-corrected chi connectivity index (χ2v) is 7.64. The Labute approximate surface area is 155 Å². The van der Waals surface area contributed by atoms with Crippen LogP contribution in [0.5, 0.6) is 0 Å². The van der Waals surface area contributed by atoms with E-state index < -0.39 is 0 Å². The molecule has 3 aromatic rings. The average Bonchev–Trinajstić information content (AvgIpc) is 3.24. The molecule has 0 atom stereocenters. The van der Waals surface area contributed by atoms with Crippen molar-refractivity contribution in [3.8, 4) is 10.7 Å². The molecule has 2 aromatic heterocycles. The van der Waals surface area contributed by atoms with E-state index in [1.54, 1.807) is 11.3 Å². The monoisotopic (exact) mass is 368 g/mol. The standard InChI is InChI=1S/C19H20N4O2S/c1-12-5-6-13(2)15(8-12)20-17(24)11-23-9-14(10-23)19-21-18(22-25-19)16-4-3-7-26-16/h3-8,14H,9-11H2,1-2H3,(H,20,24). The Morgan fingerprint density at radius 1 is 1.35 bits per heavy atom. The first-order chi connectivity index (χ1) is 12.6. The maximum absolute atomic E-state index is 12.3. The van der Waals surface area contributed by atoms with Gasteiger partial charge in [-0.1, -0.05) is 23.4 Å². The molecule has 0 unspecified atom stereocenters. The molecule has 1 fully saturated rings. The third-order valence-corrected chi connectivity index (χ3v) is 5.39. The van der Waals surface area contributed by atoms with Crippen molar-refractivity contribution in [2.75, 3.05) is 25.0 Å². The summed E-state index contributed by atoms with van der Waals surface area (Å²) < 4.78 is 5.39. The molecule has 1 aliphatic rings. The van der Waals surface area contributed by atoms with Crippen LogP contribution in [0.4, 0.5) is 5.69 Å². The summed E-state index contributed by atoms with van der Waals surface area (Å²) in [6.07, 6.45) is 0. The number of hydrogen-bond donors (Lipinski definition) is 1. The predicted molar refractivity (Wildman–Crippen MR) is 101 cm³/mol. The van der Waals surface area contributed by atoms with Gasteiger partial charge in [-0.05, 0) is 42.5 Å². The van der Waals surface area contributed by atoms with Gasteiger partial charge in [0.15, 0.2) is 0 Å². The van der Waals surface area contributed by atoms with Crippen LogP contribution >= 0.6 is 11.3 Å². The molecule has 7 heteroatoms. The summed E-state index contributed by atoms with van der Waals surface area (Å²) in [5.74, 6) is 1.49. The highest BCUT2D eigenvalue weighted by Gasteiger charge is 2.33. The summed E-state index contributed by atoms with van der Waals surface area (Å²) in [5.41, 5.74) is 3.08. The summed E-state index contributed by atoms with van der Waals surface area (Å²) in [6.45, 7) is 5.90. The van der Waals surface area contributed by atoms with Crippen LogP contribution in [-0.2, 0) is 4.79 Å². The SMILES string of the molecule is Cc1ccc(C)c(NC(=O)CN2CC(c3nc(-c4cccs4)no3)C2)c1. The number of aromatic nitrogens is 2. The molecule has 4 rings (SSSR count). The van der Waals surface area contributed by atoms with E-state index in [0.717, 1.165) is 34.8 Å². The lowest BCUT2D eigenvalue weighted by Gasteiger charge is -2.36. The van der Waals surface area contributed by atoms with Gasteiger partial charge >= 0.3 is 0 Å². The number of nitrogens with one attached hydrogen (secondary N) is 1. The van der Waals surface area contributed by atoms with Gasteiger partial charge in [-0.25, -0.2) is 0 Å². The molecule has 0 aliphatic carbocycles. The van der Waals surface area contributed by atoms with Crippen LogP contribution in [0.15, 0.2) is 40.2 Å². The average molecular weight is 368 g/mol. The lowest BCUT2D eigenvalue weighted by molar-refractivity contribution is -0.118. The predicted octanol–water partition coefficient (Wildman–Crippen LogP) is 3.45. The van der Waals surface area contributed by atoms with Gasteiger partial charge in [0.05, 0.1) is 17.3 Å². The summed E-state index contributed by atoms with van der Waals surface area (Å²) in [4.78, 5) is 19.8. The molecule has 0 saturated carbocycles. The molecule has 0 bridgehead atoms. The van der Waals surface area contributed by atoms with Crippen LogP contribution in [0, 0.1) is 13.8 Å². The zero-order valence-electron chi connectivity index (χ0n) is 14.7. The van der Waals surface area contributed by atoms with Gasteiger partial charge in [0.1, 0.15) is 0 Å². The zero-order valence-corrected chi connectivity index (χ0v) is 15.5. The molecular weight excluding hydrogens is 348 g/mol. The van der Waals surface area contributed by atoms with Crippen LogP contribution in [0.25, 0.3) is 10.7 Å². The van der Waals surface area contributed by atoms with Crippen LogP contribution in [0.3, 0.4) is 0 Å². The van der Waals surface area contributed by atoms with Crippen molar-refractivity contribution in [1.29, 1.82) is 0 Å². The number of anilines is 1. The van der Waals surface area contributed by atoms with Crippen molar-refractivity contribution in [1.82, 2.24) is 15.0 Å². The minimum Gasteiger partial charge on any atom is -0.339 e. The molecule has 1 N–H and O–H groups in total. The lowest BCUT2D eigenvalue weighted by atomic mass is 10.0. The Morgan fingerprint density at radius 3 is 2.96 bits per heavy atom. The molecule has 3 heterocycles. The van der Waals surface area contributed by atoms with E-state index in [2.05, 4.69) is 20.4 Å². The van der Waals surface area contributed by atoms with Gasteiger partial charge in [-0.15, -0.1) is 11.3 Å². The summed E-state index contributed by atoms with van der Waals surface area (Å²) in [7, 11) is 0. The van der Waals surface area contributed by atoms with Gasteiger partial charge < -0.3 is 9.84 Å². The number of likely N-dealkylation sites (tertiary alicyclic amines) is 1. The second kappa shape index (κ2) is 7.01. The minimum absolute atomic E-state index is 0.00181. The Morgan fingerprint density at radius 2 is 2.19 bits per heavy atom. The molecule has 1 amide bonds. The lowest BCUT2D eigenvalue weighted by Crippen LogP contribution is -2.48. The molecule has 1 aromatic carbocycles. The first-order valence-electron chi connectivity index (χ1n) is 8.55. The maximum atomic E-state index is 12.3. The molecule has 6 nitrogen and oxygen atoms in total. The van der Waals surface area contributed by atoms with Crippen molar-refractivity contribution >= 4 is 22.9 Å². The molecule has 0 spiro atoms. The van der Waals surface area contributed by atoms with E-state index in [1.807, 2.05) is 49.6 Å². The zero-order chi connectivity index (χ0) is 18.1. The van der Waals surface area contributed by atoms with Crippen molar-refractivity contribution in [2.24, 2.45) is 0 Å². The highest BCUT2D eigenvalue weighted by molar-refractivity contribution is 7.13. The molecule has 26 heavy (non-hydrogen) atoms. The molecule has 1 aliphatic heterocycles. The van der Waals surface area contributed by atoms with Gasteiger partial charge in [0, 0.05) is 18.8 Å². The number of carbonyl (C=O) groups excluding carboxylic acids is 1. The van der Waals surface area contributed by atoms with Crippen molar-refractivity contribution < 1.29 is 9.32 Å². The summed E-state index contributed by atoms with van der Waals surface area (Å²) in [6, 6.07) is 10.0. The number of aryl methyl sites for hydroxylation is 2. The largest absolute Gasteiger partial charge is 0.339 e. The van der Waals surface area contributed by atoms with Crippen LogP contribution in [-0.4, -0.2) is 40.6 Å². The van der Waals surface area contributed by atoms with Gasteiger partial charge in [-0.2, -0.15) is 4.98 Å². The third kappa shape index (κ3) is 3.54. The Bertz CT molecular complexity index is 914.